The second-order valence-electron chi connectivity index (χ2n) is 7.94. The summed E-state index contributed by atoms with van der Waals surface area (Å²) in [6.45, 7) is 2.28. The van der Waals surface area contributed by atoms with Crippen LogP contribution in [0.1, 0.15) is 42.5 Å². The van der Waals surface area contributed by atoms with E-state index in [-0.39, 0.29) is 0 Å². The van der Waals surface area contributed by atoms with Crippen LogP contribution < -0.4 is 10.4 Å². The van der Waals surface area contributed by atoms with E-state index in [0.717, 1.165) is 24.3 Å². The molecule has 1 nitrogen and oxygen atoms in total. The Morgan fingerprint density at radius 3 is 2.75 bits per heavy atom. The van der Waals surface area contributed by atoms with Crippen molar-refractivity contribution >= 4 is 23.8 Å². The monoisotopic (exact) mass is 385 g/mol. The normalized spacial score (nSPS) is 18.1. The first kappa shape index (κ1) is 17.7. The van der Waals surface area contributed by atoms with Crippen molar-refractivity contribution in [1.29, 1.82) is 0 Å². The van der Waals surface area contributed by atoms with E-state index in [4.69, 9.17) is 11.6 Å². The van der Waals surface area contributed by atoms with Gasteiger partial charge in [-0.15, -0.1) is 0 Å². The third-order valence-corrected chi connectivity index (χ3v) is 6.68. The summed E-state index contributed by atoms with van der Waals surface area (Å²) in [7, 11) is 0. The van der Waals surface area contributed by atoms with Crippen LogP contribution in [0.2, 0.25) is 5.02 Å². The number of benzene rings is 2. The zero-order valence-corrected chi connectivity index (χ0v) is 16.9. The molecule has 0 N–H and O–H groups in total. The van der Waals surface area contributed by atoms with Crippen LogP contribution in [0.4, 0.5) is 0 Å². The van der Waals surface area contributed by atoms with Gasteiger partial charge in [0.2, 0.25) is 0 Å². The van der Waals surface area contributed by atoms with E-state index in [1.165, 1.54) is 38.6 Å². The highest BCUT2D eigenvalue weighted by atomic mass is 35.5. The highest BCUT2D eigenvalue weighted by molar-refractivity contribution is 6.30. The Balaban J connectivity index is 1.64. The van der Waals surface area contributed by atoms with E-state index in [9.17, 15) is 0 Å². The number of hydrogen-bond donors (Lipinski definition) is 0. The number of pyridine rings is 1. The van der Waals surface area contributed by atoms with Crippen LogP contribution in [0.5, 0.6) is 0 Å². The molecule has 5 rings (SSSR count). The fourth-order valence-electron chi connectivity index (χ4n) is 5.08. The smallest absolute Gasteiger partial charge is 0.0440 e. The van der Waals surface area contributed by atoms with Gasteiger partial charge in [-0.05, 0) is 87.9 Å². The Hall–Kier alpha value is -2.38. The third kappa shape index (κ3) is 2.99. The SMILES string of the molecule is CCC(c1ccccn1)C1C=c2ccc3c(c2CC1)CC=c1cc(Cl)ccc1=3. The molecule has 0 fully saturated rings. The van der Waals surface area contributed by atoms with Gasteiger partial charge in [-0.2, -0.15) is 0 Å². The van der Waals surface area contributed by atoms with Gasteiger partial charge < -0.3 is 0 Å². The summed E-state index contributed by atoms with van der Waals surface area (Å²) in [5.74, 6) is 1.06. The summed E-state index contributed by atoms with van der Waals surface area (Å²) in [6.07, 6.45) is 11.2. The molecule has 1 aromatic heterocycles. The summed E-state index contributed by atoms with van der Waals surface area (Å²) in [5.41, 5.74) is 4.28. The van der Waals surface area contributed by atoms with E-state index in [2.05, 4.69) is 60.5 Å². The fraction of sp³-hybridized carbons (Fsp3) is 0.269. The van der Waals surface area contributed by atoms with Crippen molar-refractivity contribution in [1.82, 2.24) is 4.98 Å². The Morgan fingerprint density at radius 1 is 1.04 bits per heavy atom. The lowest BCUT2D eigenvalue weighted by Gasteiger charge is -2.27. The fourth-order valence-corrected chi connectivity index (χ4v) is 5.26. The second-order valence-corrected chi connectivity index (χ2v) is 8.37. The average Bonchev–Trinajstić information content (AvgIpc) is 2.74. The molecule has 0 bridgehead atoms. The molecule has 2 unspecified atom stereocenters. The van der Waals surface area contributed by atoms with E-state index in [1.54, 1.807) is 5.56 Å². The van der Waals surface area contributed by atoms with Crippen molar-refractivity contribution in [2.45, 2.75) is 38.5 Å². The van der Waals surface area contributed by atoms with Crippen molar-refractivity contribution in [2.75, 3.05) is 0 Å². The van der Waals surface area contributed by atoms with Crippen molar-refractivity contribution in [3.05, 3.63) is 97.4 Å². The average molecular weight is 386 g/mol. The molecular formula is C26H24ClN. The van der Waals surface area contributed by atoms with Gasteiger partial charge in [-0.25, -0.2) is 0 Å². The van der Waals surface area contributed by atoms with Crippen LogP contribution in [-0.2, 0) is 12.8 Å². The Kier molecular flexibility index (Phi) is 4.56. The van der Waals surface area contributed by atoms with Crippen LogP contribution in [0.3, 0.4) is 0 Å². The molecule has 2 aromatic carbocycles. The summed E-state index contributed by atoms with van der Waals surface area (Å²) < 4.78 is 0. The van der Waals surface area contributed by atoms with E-state index < -0.39 is 0 Å². The topological polar surface area (TPSA) is 12.9 Å². The molecule has 0 radical (unpaired) electrons. The van der Waals surface area contributed by atoms with Crippen molar-refractivity contribution in [3.63, 3.8) is 0 Å². The van der Waals surface area contributed by atoms with Crippen LogP contribution in [0.15, 0.2) is 54.7 Å². The molecule has 0 aliphatic heterocycles. The predicted octanol–water partition coefficient (Wildman–Crippen LogP) is 4.90. The molecule has 0 amide bonds. The summed E-state index contributed by atoms with van der Waals surface area (Å²) in [4.78, 5) is 4.65. The maximum Gasteiger partial charge on any atom is 0.0440 e. The molecule has 3 aromatic rings. The maximum absolute atomic E-state index is 6.20. The van der Waals surface area contributed by atoms with Crippen molar-refractivity contribution < 1.29 is 0 Å². The first-order valence-electron chi connectivity index (χ1n) is 10.3. The highest BCUT2D eigenvalue weighted by Gasteiger charge is 2.24. The second kappa shape index (κ2) is 7.22. The highest BCUT2D eigenvalue weighted by Crippen LogP contribution is 2.33. The molecule has 2 aliphatic carbocycles. The minimum atomic E-state index is 0.500. The quantitative estimate of drug-likeness (QED) is 0.625. The third-order valence-electron chi connectivity index (χ3n) is 6.44. The first-order chi connectivity index (χ1) is 13.7. The zero-order valence-electron chi connectivity index (χ0n) is 16.2. The van der Waals surface area contributed by atoms with Crippen molar-refractivity contribution in [3.8, 4) is 0 Å². The summed E-state index contributed by atoms with van der Waals surface area (Å²) in [5, 5.41) is 6.20. The van der Waals surface area contributed by atoms with Gasteiger partial charge in [-0.1, -0.05) is 54.9 Å². The van der Waals surface area contributed by atoms with Crippen LogP contribution >= 0.6 is 11.6 Å². The number of fused-ring (bicyclic) bond motifs is 4. The first-order valence-corrected chi connectivity index (χ1v) is 10.7. The Labute approximate surface area is 170 Å². The molecule has 0 saturated heterocycles. The van der Waals surface area contributed by atoms with E-state index >= 15 is 0 Å². The molecular weight excluding hydrogens is 362 g/mol. The molecule has 2 aliphatic rings. The van der Waals surface area contributed by atoms with E-state index in [0.29, 0.717) is 11.8 Å². The molecule has 0 saturated carbocycles. The van der Waals surface area contributed by atoms with E-state index in [1.807, 2.05) is 18.3 Å². The lowest BCUT2D eigenvalue weighted by molar-refractivity contribution is 0.467. The maximum atomic E-state index is 6.20. The lowest BCUT2D eigenvalue weighted by Crippen LogP contribution is -2.25. The lowest BCUT2D eigenvalue weighted by atomic mass is 9.77. The summed E-state index contributed by atoms with van der Waals surface area (Å²) >= 11 is 6.20. The summed E-state index contributed by atoms with van der Waals surface area (Å²) in [6, 6.07) is 17.2. The number of aromatic nitrogens is 1. The standard InChI is InChI=1S/C26H24ClN/c1-2-21(26-5-3-4-14-28-26)17-6-10-22-18(15-17)7-11-25-23-13-9-20(27)16-19(23)8-12-24(22)25/h3-5,7-9,11,13-17,21H,2,6,10,12H2,1H3. The van der Waals surface area contributed by atoms with Gasteiger partial charge in [0.05, 0.1) is 0 Å². The minimum Gasteiger partial charge on any atom is -0.261 e. The largest absolute Gasteiger partial charge is 0.261 e. The zero-order chi connectivity index (χ0) is 19.1. The molecule has 1 heterocycles. The molecule has 0 spiro atoms. The van der Waals surface area contributed by atoms with Gasteiger partial charge in [-0.3, -0.25) is 4.98 Å². The molecule has 2 atom stereocenters. The molecule has 2 heteroatoms. The van der Waals surface area contributed by atoms with Gasteiger partial charge in [0, 0.05) is 22.8 Å². The van der Waals surface area contributed by atoms with Crippen LogP contribution in [-0.4, -0.2) is 4.98 Å². The Bertz CT molecular complexity index is 1240. The Morgan fingerprint density at radius 2 is 1.93 bits per heavy atom. The number of rotatable bonds is 3. The minimum absolute atomic E-state index is 0.500. The van der Waals surface area contributed by atoms with Gasteiger partial charge in [0.25, 0.3) is 0 Å². The molecule has 140 valence electrons. The van der Waals surface area contributed by atoms with Crippen molar-refractivity contribution in [2.24, 2.45) is 5.92 Å². The number of hydrogen-bond acceptors (Lipinski definition) is 1. The number of nitrogens with zero attached hydrogens (tertiary/aromatic N) is 1. The van der Waals surface area contributed by atoms with Crippen LogP contribution in [0, 0.1) is 16.4 Å². The molecule has 28 heavy (non-hydrogen) atoms. The van der Waals surface area contributed by atoms with Crippen LogP contribution in [0.25, 0.3) is 12.2 Å². The van der Waals surface area contributed by atoms with Gasteiger partial charge >= 0.3 is 0 Å². The van der Waals surface area contributed by atoms with Gasteiger partial charge in [0.15, 0.2) is 0 Å². The predicted molar refractivity (Wildman–Crippen MR) is 117 cm³/mol. The number of halogens is 1. The van der Waals surface area contributed by atoms with Gasteiger partial charge in [0.1, 0.15) is 0 Å².